The average molecular weight is 359 g/mol. The van der Waals surface area contributed by atoms with Gasteiger partial charge in [0.2, 0.25) is 0 Å². The summed E-state index contributed by atoms with van der Waals surface area (Å²) in [7, 11) is 0. The zero-order valence-corrected chi connectivity index (χ0v) is 15.4. The van der Waals surface area contributed by atoms with E-state index in [0.717, 1.165) is 45.7 Å². The molecule has 4 heterocycles. The molecule has 2 aliphatic rings. The summed E-state index contributed by atoms with van der Waals surface area (Å²) in [5.74, 6) is 0. The Morgan fingerprint density at radius 1 is 1.32 bits per heavy atom. The predicted molar refractivity (Wildman–Crippen MR) is 99.5 cm³/mol. The number of ether oxygens (including phenoxy) is 2. The molecule has 0 spiro atoms. The van der Waals surface area contributed by atoms with Gasteiger partial charge < -0.3 is 9.47 Å². The van der Waals surface area contributed by atoms with Crippen molar-refractivity contribution in [1.82, 2.24) is 9.88 Å². The number of rotatable bonds is 6. The second kappa shape index (κ2) is 7.96. The van der Waals surface area contributed by atoms with Crippen LogP contribution in [-0.2, 0) is 22.6 Å². The zero-order valence-electron chi connectivity index (χ0n) is 14.6. The van der Waals surface area contributed by atoms with Crippen molar-refractivity contribution in [3.8, 4) is 0 Å². The number of pyridine rings is 1. The maximum atomic E-state index is 6.17. The van der Waals surface area contributed by atoms with Crippen molar-refractivity contribution < 1.29 is 9.47 Å². The van der Waals surface area contributed by atoms with Crippen molar-refractivity contribution in [2.45, 2.75) is 38.5 Å². The molecule has 4 nitrogen and oxygen atoms in total. The van der Waals surface area contributed by atoms with Crippen LogP contribution in [0.25, 0.3) is 0 Å². The molecular weight excluding hydrogens is 332 g/mol. The van der Waals surface area contributed by atoms with Crippen LogP contribution in [0.2, 0.25) is 0 Å². The highest BCUT2D eigenvalue weighted by atomic mass is 32.1. The molecule has 0 N–H and O–H groups in total. The van der Waals surface area contributed by atoms with Crippen molar-refractivity contribution in [1.29, 1.82) is 0 Å². The van der Waals surface area contributed by atoms with Crippen LogP contribution in [0.15, 0.2) is 42.0 Å². The molecule has 2 saturated heterocycles. The van der Waals surface area contributed by atoms with Crippen LogP contribution in [0.5, 0.6) is 0 Å². The van der Waals surface area contributed by atoms with E-state index in [-0.39, 0.29) is 5.41 Å². The summed E-state index contributed by atoms with van der Waals surface area (Å²) in [6, 6.07) is 8.43. The highest BCUT2D eigenvalue weighted by Crippen LogP contribution is 2.41. The molecule has 2 aromatic heterocycles. The predicted octanol–water partition coefficient (Wildman–Crippen LogP) is 3.73. The van der Waals surface area contributed by atoms with Gasteiger partial charge in [-0.1, -0.05) is 6.07 Å². The van der Waals surface area contributed by atoms with Crippen LogP contribution in [-0.4, -0.2) is 42.3 Å². The van der Waals surface area contributed by atoms with E-state index in [0.29, 0.717) is 12.7 Å². The molecule has 4 rings (SSSR count). The van der Waals surface area contributed by atoms with Gasteiger partial charge >= 0.3 is 0 Å². The fraction of sp³-hybridized carbons (Fsp3) is 0.550. The van der Waals surface area contributed by atoms with E-state index < -0.39 is 0 Å². The number of hydrogen-bond donors (Lipinski definition) is 0. The van der Waals surface area contributed by atoms with Crippen molar-refractivity contribution in [3.05, 3.63) is 52.5 Å². The van der Waals surface area contributed by atoms with Crippen LogP contribution in [0, 0.1) is 5.41 Å². The standard InChI is InChI=1S/C20H26N2O2S/c1-3-18(25-12-1)13-22-10-6-19-20(15-22,7-2-11-24-19)16-23-14-17-4-8-21-9-5-17/h1,3-5,8-9,12,19H,2,6-7,10-11,13-16H2/t19-,20+/m0/s1. The van der Waals surface area contributed by atoms with E-state index in [2.05, 4.69) is 27.4 Å². The van der Waals surface area contributed by atoms with Crippen molar-refractivity contribution >= 4 is 11.3 Å². The number of thiophene rings is 1. The molecule has 0 saturated carbocycles. The molecule has 25 heavy (non-hydrogen) atoms. The SMILES string of the molecule is c1csc(CN2CC[C@@H]3OCCC[C@]3(COCc3ccncc3)C2)c1. The maximum Gasteiger partial charge on any atom is 0.0718 e. The lowest BCUT2D eigenvalue weighted by Crippen LogP contribution is -2.56. The number of piperidine rings is 1. The first-order valence-corrected chi connectivity index (χ1v) is 10.1. The summed E-state index contributed by atoms with van der Waals surface area (Å²) >= 11 is 1.85. The Balaban J connectivity index is 1.40. The zero-order chi connectivity index (χ0) is 17.0. The summed E-state index contributed by atoms with van der Waals surface area (Å²) < 4.78 is 12.3. The Hall–Kier alpha value is -1.27. The van der Waals surface area contributed by atoms with Gasteiger partial charge in [-0.2, -0.15) is 0 Å². The Kier molecular flexibility index (Phi) is 5.46. The van der Waals surface area contributed by atoms with Gasteiger partial charge in [0.15, 0.2) is 0 Å². The molecule has 2 fully saturated rings. The van der Waals surface area contributed by atoms with Crippen LogP contribution < -0.4 is 0 Å². The first-order chi connectivity index (χ1) is 12.3. The second-order valence-corrected chi connectivity index (χ2v) is 8.28. The first-order valence-electron chi connectivity index (χ1n) is 9.17. The third-order valence-electron chi connectivity index (χ3n) is 5.43. The summed E-state index contributed by atoms with van der Waals surface area (Å²) in [6.45, 7) is 5.58. The van der Waals surface area contributed by atoms with E-state index in [1.807, 2.05) is 35.9 Å². The topological polar surface area (TPSA) is 34.6 Å². The quantitative estimate of drug-likeness (QED) is 0.788. The van der Waals surface area contributed by atoms with Gasteiger partial charge in [0.1, 0.15) is 0 Å². The van der Waals surface area contributed by atoms with Gasteiger partial charge in [-0.3, -0.25) is 9.88 Å². The second-order valence-electron chi connectivity index (χ2n) is 7.25. The molecule has 0 bridgehead atoms. The lowest BCUT2D eigenvalue weighted by molar-refractivity contribution is -0.155. The van der Waals surface area contributed by atoms with E-state index in [1.165, 1.54) is 16.9 Å². The lowest BCUT2D eigenvalue weighted by Gasteiger charge is -2.50. The highest BCUT2D eigenvalue weighted by Gasteiger charge is 2.46. The van der Waals surface area contributed by atoms with E-state index in [4.69, 9.17) is 9.47 Å². The first kappa shape index (κ1) is 17.2. The molecule has 0 unspecified atom stereocenters. The van der Waals surface area contributed by atoms with Crippen molar-refractivity contribution in [2.24, 2.45) is 5.41 Å². The third kappa shape index (κ3) is 4.11. The molecule has 134 valence electrons. The van der Waals surface area contributed by atoms with Crippen LogP contribution in [0.3, 0.4) is 0 Å². The maximum absolute atomic E-state index is 6.17. The normalized spacial score (nSPS) is 27.1. The van der Waals surface area contributed by atoms with Gasteiger partial charge in [-0.25, -0.2) is 0 Å². The van der Waals surface area contributed by atoms with Gasteiger partial charge in [-0.05, 0) is 48.4 Å². The highest BCUT2D eigenvalue weighted by molar-refractivity contribution is 7.09. The Morgan fingerprint density at radius 2 is 2.24 bits per heavy atom. The average Bonchev–Trinajstić information content (AvgIpc) is 3.15. The summed E-state index contributed by atoms with van der Waals surface area (Å²) in [4.78, 5) is 8.11. The molecule has 0 aromatic carbocycles. The Labute approximate surface area is 153 Å². The van der Waals surface area contributed by atoms with E-state index in [1.54, 1.807) is 0 Å². The largest absolute Gasteiger partial charge is 0.377 e. The molecule has 2 aromatic rings. The van der Waals surface area contributed by atoms with E-state index in [9.17, 15) is 0 Å². The minimum absolute atomic E-state index is 0.140. The monoisotopic (exact) mass is 358 g/mol. The molecule has 0 radical (unpaired) electrons. The third-order valence-corrected chi connectivity index (χ3v) is 6.30. The smallest absolute Gasteiger partial charge is 0.0718 e. The van der Waals surface area contributed by atoms with Crippen LogP contribution in [0.1, 0.15) is 29.7 Å². The number of aromatic nitrogens is 1. The van der Waals surface area contributed by atoms with Gasteiger partial charge in [0, 0.05) is 48.9 Å². The molecular formula is C20H26N2O2S. The minimum Gasteiger partial charge on any atom is -0.377 e. The fourth-order valence-electron chi connectivity index (χ4n) is 4.20. The lowest BCUT2D eigenvalue weighted by atomic mass is 9.73. The summed E-state index contributed by atoms with van der Waals surface area (Å²) in [6.07, 6.45) is 7.46. The van der Waals surface area contributed by atoms with Gasteiger partial charge in [0.25, 0.3) is 0 Å². The molecule has 2 aliphatic heterocycles. The van der Waals surface area contributed by atoms with Crippen LogP contribution in [0.4, 0.5) is 0 Å². The molecule has 5 heteroatoms. The summed E-state index contributed by atoms with van der Waals surface area (Å²) in [5, 5.41) is 2.17. The number of likely N-dealkylation sites (tertiary alicyclic amines) is 1. The van der Waals surface area contributed by atoms with Gasteiger partial charge in [-0.15, -0.1) is 11.3 Å². The van der Waals surface area contributed by atoms with E-state index >= 15 is 0 Å². The molecule has 2 atom stereocenters. The van der Waals surface area contributed by atoms with Crippen molar-refractivity contribution in [3.63, 3.8) is 0 Å². The summed E-state index contributed by atoms with van der Waals surface area (Å²) in [5.41, 5.74) is 1.33. The number of fused-ring (bicyclic) bond motifs is 1. The van der Waals surface area contributed by atoms with Crippen LogP contribution >= 0.6 is 11.3 Å². The van der Waals surface area contributed by atoms with Crippen molar-refractivity contribution in [2.75, 3.05) is 26.3 Å². The Bertz CT molecular complexity index is 649. The number of hydrogen-bond acceptors (Lipinski definition) is 5. The molecule has 0 amide bonds. The van der Waals surface area contributed by atoms with Gasteiger partial charge in [0.05, 0.1) is 19.3 Å². The fourth-order valence-corrected chi connectivity index (χ4v) is 4.95. The molecule has 0 aliphatic carbocycles. The Morgan fingerprint density at radius 3 is 3.08 bits per heavy atom. The number of nitrogens with zero attached hydrogens (tertiary/aromatic N) is 2. The minimum atomic E-state index is 0.140.